The monoisotopic (exact) mass is 426 g/mol. The lowest BCUT2D eigenvalue weighted by Crippen LogP contribution is -2.38. The Balaban J connectivity index is 0.00000192. The van der Waals surface area contributed by atoms with Gasteiger partial charge in [-0.15, -0.1) is 24.0 Å². The Morgan fingerprint density at radius 1 is 1.39 bits per heavy atom. The highest BCUT2D eigenvalue weighted by atomic mass is 127. The molecule has 2 unspecified atom stereocenters. The second-order valence-corrected chi connectivity index (χ2v) is 5.76. The van der Waals surface area contributed by atoms with Crippen LogP contribution in [0.1, 0.15) is 24.7 Å². The van der Waals surface area contributed by atoms with Gasteiger partial charge in [-0.3, -0.25) is 9.56 Å². The van der Waals surface area contributed by atoms with Crippen LogP contribution in [-0.4, -0.2) is 33.6 Å². The van der Waals surface area contributed by atoms with Crippen molar-refractivity contribution >= 4 is 29.9 Å². The number of imidazole rings is 1. The molecular weight excluding hydrogens is 403 g/mol. The van der Waals surface area contributed by atoms with E-state index < -0.39 is 0 Å². The maximum atomic E-state index is 4.49. The zero-order valence-electron chi connectivity index (χ0n) is 13.7. The second kappa shape index (κ2) is 7.76. The smallest absolute Gasteiger partial charge is 0.191 e. The van der Waals surface area contributed by atoms with Gasteiger partial charge in [0.15, 0.2) is 5.96 Å². The molecule has 2 N–H and O–H groups in total. The average Bonchev–Trinajstić information content (AvgIpc) is 3.05. The zero-order chi connectivity index (χ0) is 15.5. The SMILES string of the molecule is CN=C(NCc1ccc(-n2ccnc2C)nc1)NC1CC1C.I. The van der Waals surface area contributed by atoms with Gasteiger partial charge in [0.25, 0.3) is 0 Å². The van der Waals surface area contributed by atoms with Crippen molar-refractivity contribution in [1.29, 1.82) is 0 Å². The number of guanidine groups is 1. The molecule has 124 valence electrons. The quantitative estimate of drug-likeness (QED) is 0.447. The fourth-order valence-corrected chi connectivity index (χ4v) is 2.36. The van der Waals surface area contributed by atoms with Crippen molar-refractivity contribution in [3.63, 3.8) is 0 Å². The summed E-state index contributed by atoms with van der Waals surface area (Å²) in [5, 5.41) is 6.73. The third kappa shape index (κ3) is 4.43. The van der Waals surface area contributed by atoms with E-state index in [1.54, 1.807) is 13.2 Å². The molecule has 3 rings (SSSR count). The van der Waals surface area contributed by atoms with Crippen LogP contribution >= 0.6 is 24.0 Å². The molecule has 0 radical (unpaired) electrons. The van der Waals surface area contributed by atoms with Crippen LogP contribution in [0.2, 0.25) is 0 Å². The number of hydrogen-bond acceptors (Lipinski definition) is 3. The van der Waals surface area contributed by atoms with Crippen LogP contribution < -0.4 is 10.6 Å². The first kappa shape index (κ1) is 17.7. The first-order chi connectivity index (χ1) is 10.7. The van der Waals surface area contributed by atoms with Gasteiger partial charge >= 0.3 is 0 Å². The summed E-state index contributed by atoms with van der Waals surface area (Å²) in [6.45, 7) is 4.91. The van der Waals surface area contributed by atoms with Gasteiger partial charge < -0.3 is 10.6 Å². The minimum Gasteiger partial charge on any atom is -0.353 e. The average molecular weight is 426 g/mol. The molecule has 0 amide bonds. The largest absolute Gasteiger partial charge is 0.353 e. The van der Waals surface area contributed by atoms with Crippen molar-refractivity contribution in [3.05, 3.63) is 42.1 Å². The third-order valence-corrected chi connectivity index (χ3v) is 4.00. The lowest BCUT2D eigenvalue weighted by atomic mass is 10.3. The molecule has 1 saturated carbocycles. The molecule has 2 heterocycles. The Morgan fingerprint density at radius 2 is 2.17 bits per heavy atom. The van der Waals surface area contributed by atoms with Crippen LogP contribution in [0, 0.1) is 12.8 Å². The van der Waals surface area contributed by atoms with Crippen molar-refractivity contribution in [2.45, 2.75) is 32.9 Å². The van der Waals surface area contributed by atoms with Crippen LogP contribution in [0.5, 0.6) is 0 Å². The summed E-state index contributed by atoms with van der Waals surface area (Å²) in [4.78, 5) is 13.0. The standard InChI is InChI=1S/C16H22N6.HI/c1-11-8-14(11)21-16(17-3)20-10-13-4-5-15(19-9-13)22-7-6-18-12(22)2;/h4-7,9,11,14H,8,10H2,1-3H3,(H2,17,20,21);1H. The Kier molecular flexibility index (Phi) is 5.97. The van der Waals surface area contributed by atoms with Gasteiger partial charge in [0.1, 0.15) is 11.6 Å². The van der Waals surface area contributed by atoms with Gasteiger partial charge in [-0.1, -0.05) is 13.0 Å². The van der Waals surface area contributed by atoms with E-state index in [9.17, 15) is 0 Å². The van der Waals surface area contributed by atoms with Crippen molar-refractivity contribution in [2.24, 2.45) is 10.9 Å². The highest BCUT2D eigenvalue weighted by Gasteiger charge is 2.33. The molecule has 1 aliphatic rings. The van der Waals surface area contributed by atoms with E-state index in [2.05, 4.69) is 38.6 Å². The molecular formula is C16H23IN6. The predicted molar refractivity (Wildman–Crippen MR) is 102 cm³/mol. The summed E-state index contributed by atoms with van der Waals surface area (Å²) < 4.78 is 1.96. The maximum Gasteiger partial charge on any atom is 0.191 e. The third-order valence-electron chi connectivity index (χ3n) is 4.00. The van der Waals surface area contributed by atoms with Crippen molar-refractivity contribution in [1.82, 2.24) is 25.2 Å². The minimum absolute atomic E-state index is 0. The van der Waals surface area contributed by atoms with Gasteiger partial charge in [0, 0.05) is 38.2 Å². The first-order valence-corrected chi connectivity index (χ1v) is 7.60. The summed E-state index contributed by atoms with van der Waals surface area (Å²) in [6, 6.07) is 4.64. The van der Waals surface area contributed by atoms with E-state index in [0.29, 0.717) is 12.6 Å². The summed E-state index contributed by atoms with van der Waals surface area (Å²) >= 11 is 0. The lowest BCUT2D eigenvalue weighted by Gasteiger charge is -2.12. The minimum atomic E-state index is 0. The number of pyridine rings is 1. The van der Waals surface area contributed by atoms with Crippen molar-refractivity contribution in [2.75, 3.05) is 7.05 Å². The number of rotatable bonds is 4. The van der Waals surface area contributed by atoms with Gasteiger partial charge in [-0.25, -0.2) is 9.97 Å². The molecule has 0 aromatic carbocycles. The molecule has 2 aromatic heterocycles. The second-order valence-electron chi connectivity index (χ2n) is 5.76. The first-order valence-electron chi connectivity index (χ1n) is 7.60. The topological polar surface area (TPSA) is 67.1 Å². The van der Waals surface area contributed by atoms with Crippen LogP contribution in [0.15, 0.2) is 35.7 Å². The Labute approximate surface area is 153 Å². The van der Waals surface area contributed by atoms with E-state index in [-0.39, 0.29) is 24.0 Å². The molecule has 2 aromatic rings. The fourth-order valence-electron chi connectivity index (χ4n) is 2.36. The molecule has 0 saturated heterocycles. The van der Waals surface area contributed by atoms with Gasteiger partial charge in [-0.2, -0.15) is 0 Å². The number of aliphatic imine (C=N–C) groups is 1. The number of nitrogens with one attached hydrogen (secondary N) is 2. The Morgan fingerprint density at radius 3 is 2.70 bits per heavy atom. The highest BCUT2D eigenvalue weighted by Crippen LogP contribution is 2.28. The van der Waals surface area contributed by atoms with Crippen LogP contribution in [0.4, 0.5) is 0 Å². The highest BCUT2D eigenvalue weighted by molar-refractivity contribution is 14.0. The molecule has 1 fully saturated rings. The van der Waals surface area contributed by atoms with Gasteiger partial charge in [0.05, 0.1) is 0 Å². The predicted octanol–water partition coefficient (Wildman–Crippen LogP) is 2.27. The molecule has 23 heavy (non-hydrogen) atoms. The number of nitrogens with zero attached hydrogens (tertiary/aromatic N) is 4. The molecule has 2 atom stereocenters. The molecule has 6 nitrogen and oxygen atoms in total. The summed E-state index contributed by atoms with van der Waals surface area (Å²) in [6.07, 6.45) is 6.80. The maximum absolute atomic E-state index is 4.49. The van der Waals surface area contributed by atoms with Crippen molar-refractivity contribution in [3.8, 4) is 5.82 Å². The zero-order valence-corrected chi connectivity index (χ0v) is 16.0. The van der Waals surface area contributed by atoms with Crippen LogP contribution in [0.3, 0.4) is 0 Å². The molecule has 1 aliphatic carbocycles. The number of aryl methyl sites for hydroxylation is 1. The molecule has 0 aliphatic heterocycles. The molecule has 0 bridgehead atoms. The van der Waals surface area contributed by atoms with Crippen LogP contribution in [-0.2, 0) is 6.54 Å². The lowest BCUT2D eigenvalue weighted by molar-refractivity contribution is 0.762. The van der Waals surface area contributed by atoms with E-state index in [1.165, 1.54) is 6.42 Å². The molecule has 7 heteroatoms. The summed E-state index contributed by atoms with van der Waals surface area (Å²) in [5.41, 5.74) is 1.12. The summed E-state index contributed by atoms with van der Waals surface area (Å²) in [7, 11) is 1.80. The van der Waals surface area contributed by atoms with E-state index >= 15 is 0 Å². The van der Waals surface area contributed by atoms with E-state index in [1.807, 2.05) is 30.0 Å². The van der Waals surface area contributed by atoms with Gasteiger partial charge in [-0.05, 0) is 30.9 Å². The van der Waals surface area contributed by atoms with Crippen LogP contribution in [0.25, 0.3) is 5.82 Å². The Hall–Kier alpha value is -1.64. The number of hydrogen-bond donors (Lipinski definition) is 2. The number of aromatic nitrogens is 3. The molecule has 0 spiro atoms. The Bertz CT molecular complexity index is 663. The fraction of sp³-hybridized carbons (Fsp3) is 0.438. The normalized spacial score (nSPS) is 19.9. The summed E-state index contributed by atoms with van der Waals surface area (Å²) in [5.74, 6) is 3.41. The van der Waals surface area contributed by atoms with E-state index in [0.717, 1.165) is 29.1 Å². The van der Waals surface area contributed by atoms with E-state index in [4.69, 9.17) is 0 Å². The van der Waals surface area contributed by atoms with Gasteiger partial charge in [0.2, 0.25) is 0 Å². The van der Waals surface area contributed by atoms with Crippen molar-refractivity contribution < 1.29 is 0 Å². The number of halogens is 1.